The smallest absolute Gasteiger partial charge is 0.147 e. The van der Waals surface area contributed by atoms with Crippen LogP contribution in [-0.4, -0.2) is 9.78 Å². The van der Waals surface area contributed by atoms with Crippen molar-refractivity contribution in [3.63, 3.8) is 0 Å². The van der Waals surface area contributed by atoms with E-state index in [0.717, 1.165) is 0 Å². The fraction of sp³-hybridized carbons (Fsp3) is 0.182. The standard InChI is InChI=1S/C11H14N4/c1-8-3-2-4-9(5-8)7-15-11(13)6-10(12)14-15/h2-6H,7,13H2,1H3,(H2,12,14). The van der Waals surface area contributed by atoms with Crippen molar-refractivity contribution in [3.05, 3.63) is 41.5 Å². The Balaban J connectivity index is 2.25. The third-order valence-electron chi connectivity index (χ3n) is 2.24. The van der Waals surface area contributed by atoms with Crippen molar-refractivity contribution < 1.29 is 0 Å². The van der Waals surface area contributed by atoms with E-state index in [1.165, 1.54) is 11.1 Å². The molecule has 1 aromatic heterocycles. The zero-order chi connectivity index (χ0) is 10.8. The predicted molar refractivity (Wildman–Crippen MR) is 61.3 cm³/mol. The lowest BCUT2D eigenvalue weighted by Crippen LogP contribution is -2.06. The molecule has 15 heavy (non-hydrogen) atoms. The van der Waals surface area contributed by atoms with Crippen LogP contribution in [0.2, 0.25) is 0 Å². The van der Waals surface area contributed by atoms with Crippen LogP contribution < -0.4 is 11.5 Å². The molecule has 0 saturated heterocycles. The van der Waals surface area contributed by atoms with Crippen molar-refractivity contribution in [2.75, 3.05) is 11.5 Å². The first kappa shape index (κ1) is 9.58. The second kappa shape index (κ2) is 3.65. The van der Waals surface area contributed by atoms with Gasteiger partial charge in [-0.25, -0.2) is 4.68 Å². The highest BCUT2D eigenvalue weighted by Crippen LogP contribution is 2.11. The largest absolute Gasteiger partial charge is 0.384 e. The third kappa shape index (κ3) is 2.10. The first-order valence-electron chi connectivity index (χ1n) is 4.79. The predicted octanol–water partition coefficient (Wildman–Crippen LogP) is 1.40. The molecule has 1 heterocycles. The fourth-order valence-corrected chi connectivity index (χ4v) is 1.56. The number of benzene rings is 1. The maximum Gasteiger partial charge on any atom is 0.147 e. The third-order valence-corrected chi connectivity index (χ3v) is 2.24. The maximum absolute atomic E-state index is 5.75. The van der Waals surface area contributed by atoms with E-state index >= 15 is 0 Å². The summed E-state index contributed by atoms with van der Waals surface area (Å²) in [6.07, 6.45) is 0. The molecule has 0 bridgehead atoms. The lowest BCUT2D eigenvalue weighted by molar-refractivity contribution is 0.700. The van der Waals surface area contributed by atoms with Crippen LogP contribution >= 0.6 is 0 Å². The zero-order valence-electron chi connectivity index (χ0n) is 8.64. The van der Waals surface area contributed by atoms with Gasteiger partial charge in [0.25, 0.3) is 0 Å². The van der Waals surface area contributed by atoms with Gasteiger partial charge in [0.05, 0.1) is 6.54 Å². The van der Waals surface area contributed by atoms with E-state index in [9.17, 15) is 0 Å². The summed E-state index contributed by atoms with van der Waals surface area (Å²) in [6.45, 7) is 2.72. The van der Waals surface area contributed by atoms with Gasteiger partial charge < -0.3 is 11.5 Å². The molecule has 0 saturated carbocycles. The number of nitrogens with zero attached hydrogens (tertiary/aromatic N) is 2. The Kier molecular flexibility index (Phi) is 2.33. The van der Waals surface area contributed by atoms with E-state index in [0.29, 0.717) is 18.2 Å². The van der Waals surface area contributed by atoms with Crippen LogP contribution in [0.3, 0.4) is 0 Å². The second-order valence-electron chi connectivity index (χ2n) is 3.64. The van der Waals surface area contributed by atoms with Gasteiger partial charge in [-0.15, -0.1) is 0 Å². The monoisotopic (exact) mass is 202 g/mol. The normalized spacial score (nSPS) is 10.5. The van der Waals surface area contributed by atoms with Gasteiger partial charge in [-0.2, -0.15) is 5.10 Å². The number of anilines is 2. The van der Waals surface area contributed by atoms with Gasteiger partial charge in [0.1, 0.15) is 11.6 Å². The molecule has 2 aromatic rings. The molecule has 1 aromatic carbocycles. The van der Waals surface area contributed by atoms with Crippen molar-refractivity contribution in [1.29, 1.82) is 0 Å². The first-order chi connectivity index (χ1) is 7.15. The Morgan fingerprint density at radius 2 is 2.07 bits per heavy atom. The molecule has 0 unspecified atom stereocenters. The Bertz CT molecular complexity index is 473. The molecular formula is C11H14N4. The van der Waals surface area contributed by atoms with Gasteiger partial charge in [0.2, 0.25) is 0 Å². The van der Waals surface area contributed by atoms with E-state index in [-0.39, 0.29) is 0 Å². The average molecular weight is 202 g/mol. The van der Waals surface area contributed by atoms with Crippen molar-refractivity contribution >= 4 is 11.6 Å². The fourth-order valence-electron chi connectivity index (χ4n) is 1.56. The minimum Gasteiger partial charge on any atom is -0.384 e. The van der Waals surface area contributed by atoms with Crippen LogP contribution in [0.5, 0.6) is 0 Å². The molecule has 4 nitrogen and oxygen atoms in total. The molecule has 0 spiro atoms. The summed E-state index contributed by atoms with van der Waals surface area (Å²) >= 11 is 0. The van der Waals surface area contributed by atoms with E-state index in [4.69, 9.17) is 11.5 Å². The molecule has 0 amide bonds. The number of rotatable bonds is 2. The van der Waals surface area contributed by atoms with Gasteiger partial charge in [-0.3, -0.25) is 0 Å². The first-order valence-corrected chi connectivity index (χ1v) is 4.79. The molecule has 0 aliphatic heterocycles. The molecule has 0 aliphatic carbocycles. The second-order valence-corrected chi connectivity index (χ2v) is 3.64. The van der Waals surface area contributed by atoms with Crippen molar-refractivity contribution in [3.8, 4) is 0 Å². The van der Waals surface area contributed by atoms with E-state index in [1.54, 1.807) is 10.7 Å². The lowest BCUT2D eigenvalue weighted by Gasteiger charge is -2.04. The number of aryl methyl sites for hydroxylation is 1. The lowest BCUT2D eigenvalue weighted by atomic mass is 10.1. The Labute approximate surface area is 88.5 Å². The van der Waals surface area contributed by atoms with Gasteiger partial charge in [0.15, 0.2) is 0 Å². The number of nitrogens with two attached hydrogens (primary N) is 2. The summed E-state index contributed by atoms with van der Waals surface area (Å²) in [4.78, 5) is 0. The highest BCUT2D eigenvalue weighted by atomic mass is 15.3. The molecule has 78 valence electrons. The average Bonchev–Trinajstić information content (AvgIpc) is 2.45. The number of hydrogen-bond acceptors (Lipinski definition) is 3. The molecule has 0 radical (unpaired) electrons. The summed E-state index contributed by atoms with van der Waals surface area (Å²) < 4.78 is 1.70. The summed E-state index contributed by atoms with van der Waals surface area (Å²) in [6, 6.07) is 9.90. The quantitative estimate of drug-likeness (QED) is 0.773. The van der Waals surface area contributed by atoms with Crippen LogP contribution in [-0.2, 0) is 6.54 Å². The van der Waals surface area contributed by atoms with Crippen molar-refractivity contribution in [2.45, 2.75) is 13.5 Å². The minimum atomic E-state index is 0.458. The van der Waals surface area contributed by atoms with Gasteiger partial charge in [-0.1, -0.05) is 29.8 Å². The SMILES string of the molecule is Cc1cccc(Cn2nc(N)cc2N)c1. The van der Waals surface area contributed by atoms with Gasteiger partial charge in [-0.05, 0) is 12.5 Å². The van der Waals surface area contributed by atoms with E-state index < -0.39 is 0 Å². The Morgan fingerprint density at radius 3 is 2.67 bits per heavy atom. The highest BCUT2D eigenvalue weighted by molar-refractivity contribution is 5.42. The number of aromatic nitrogens is 2. The Hall–Kier alpha value is -1.97. The molecular weight excluding hydrogens is 188 g/mol. The van der Waals surface area contributed by atoms with Crippen LogP contribution in [0.15, 0.2) is 30.3 Å². The maximum atomic E-state index is 5.75. The molecule has 4 N–H and O–H groups in total. The summed E-state index contributed by atoms with van der Waals surface area (Å²) in [5.74, 6) is 1.05. The van der Waals surface area contributed by atoms with Crippen LogP contribution in [0.4, 0.5) is 11.6 Å². The number of nitrogen functional groups attached to an aromatic ring is 2. The zero-order valence-corrected chi connectivity index (χ0v) is 8.64. The molecule has 0 fully saturated rings. The molecule has 0 atom stereocenters. The van der Waals surface area contributed by atoms with Crippen molar-refractivity contribution in [1.82, 2.24) is 9.78 Å². The van der Waals surface area contributed by atoms with Crippen LogP contribution in [0.25, 0.3) is 0 Å². The van der Waals surface area contributed by atoms with E-state index in [1.807, 2.05) is 12.1 Å². The summed E-state index contributed by atoms with van der Waals surface area (Å²) in [5, 5.41) is 4.10. The summed E-state index contributed by atoms with van der Waals surface area (Å²) in [5.41, 5.74) is 13.7. The minimum absolute atomic E-state index is 0.458. The van der Waals surface area contributed by atoms with Gasteiger partial charge >= 0.3 is 0 Å². The van der Waals surface area contributed by atoms with Gasteiger partial charge in [0, 0.05) is 6.07 Å². The van der Waals surface area contributed by atoms with Crippen LogP contribution in [0.1, 0.15) is 11.1 Å². The molecule has 2 rings (SSSR count). The van der Waals surface area contributed by atoms with Crippen LogP contribution in [0, 0.1) is 6.92 Å². The highest BCUT2D eigenvalue weighted by Gasteiger charge is 2.02. The van der Waals surface area contributed by atoms with Crippen molar-refractivity contribution in [2.24, 2.45) is 0 Å². The molecule has 4 heteroatoms. The topological polar surface area (TPSA) is 69.9 Å². The Morgan fingerprint density at radius 1 is 1.27 bits per heavy atom. The van der Waals surface area contributed by atoms with E-state index in [2.05, 4.69) is 24.2 Å². The molecule has 0 aliphatic rings. The number of hydrogen-bond donors (Lipinski definition) is 2. The summed E-state index contributed by atoms with van der Waals surface area (Å²) in [7, 11) is 0.